The number of methoxy groups -OCH3 is 2. The van der Waals surface area contributed by atoms with E-state index in [0.717, 1.165) is 10.1 Å². The molecule has 0 aliphatic heterocycles. The highest BCUT2D eigenvalue weighted by Gasteiger charge is 2.20. The molecule has 8 nitrogen and oxygen atoms in total. The van der Waals surface area contributed by atoms with Gasteiger partial charge in [-0.05, 0) is 37.6 Å². The number of aromatic nitrogens is 2. The number of nitrogens with zero attached hydrogens (tertiary/aromatic N) is 3. The van der Waals surface area contributed by atoms with Crippen LogP contribution in [-0.2, 0) is 24.3 Å². The zero-order valence-corrected chi connectivity index (χ0v) is 18.4. The molecular weight excluding hydrogens is 386 g/mol. The van der Waals surface area contributed by atoms with Crippen LogP contribution in [0, 0.1) is 0 Å². The monoisotopic (exact) mass is 415 g/mol. The Morgan fingerprint density at radius 1 is 1.03 bits per heavy atom. The molecule has 0 saturated carbocycles. The maximum atomic E-state index is 12.9. The third-order valence-electron chi connectivity index (χ3n) is 4.77. The number of hydrogen-bond donors (Lipinski definition) is 0. The Balaban J connectivity index is 2.42. The topological polar surface area (TPSA) is 82.8 Å². The number of benzene rings is 1. The first-order valence-corrected chi connectivity index (χ1v) is 9.75. The Bertz CT molecular complexity index is 1060. The zero-order valence-electron chi connectivity index (χ0n) is 18.4. The molecule has 1 aromatic heterocycles. The van der Waals surface area contributed by atoms with Crippen LogP contribution in [0.15, 0.2) is 33.9 Å². The first-order valence-electron chi connectivity index (χ1n) is 9.75. The quantitative estimate of drug-likeness (QED) is 0.583. The Hall–Kier alpha value is -3.29. The number of carbonyl (C=O) groups excluding carboxylic acids is 1. The molecule has 2 aromatic rings. The number of allylic oxidation sites excluding steroid dienone is 1. The SMILES string of the molecule is CCn1c(N(C)C)c(CC(=O)/C=C/c2ccc(OC)c(OC)c2)c(=O)n(CC)c1=O. The van der Waals surface area contributed by atoms with Crippen molar-refractivity contribution in [1.82, 2.24) is 9.13 Å². The molecule has 162 valence electrons. The summed E-state index contributed by atoms with van der Waals surface area (Å²) in [6.45, 7) is 4.21. The van der Waals surface area contributed by atoms with Gasteiger partial charge in [-0.25, -0.2) is 4.79 Å². The third kappa shape index (κ3) is 4.64. The lowest BCUT2D eigenvalue weighted by Crippen LogP contribution is -2.44. The van der Waals surface area contributed by atoms with E-state index in [1.165, 1.54) is 10.6 Å². The van der Waals surface area contributed by atoms with Crippen LogP contribution in [0.3, 0.4) is 0 Å². The van der Waals surface area contributed by atoms with E-state index in [4.69, 9.17) is 9.47 Å². The van der Waals surface area contributed by atoms with Gasteiger partial charge in [-0.15, -0.1) is 0 Å². The standard InChI is InChI=1S/C22H29N3O5/c1-7-24-20(23(3)4)17(21(27)25(8-2)22(24)28)14-16(26)11-9-15-10-12-18(29-5)19(13-15)30-6/h9-13H,7-8,14H2,1-6H3/b11-9+. The molecular formula is C22H29N3O5. The Morgan fingerprint density at radius 3 is 2.20 bits per heavy atom. The summed E-state index contributed by atoms with van der Waals surface area (Å²) >= 11 is 0. The molecule has 0 atom stereocenters. The second-order valence-corrected chi connectivity index (χ2v) is 6.86. The molecule has 2 rings (SSSR count). The fraction of sp³-hybridized carbons (Fsp3) is 0.409. The molecule has 0 saturated heterocycles. The van der Waals surface area contributed by atoms with Crippen LogP contribution >= 0.6 is 0 Å². The van der Waals surface area contributed by atoms with Gasteiger partial charge in [0.25, 0.3) is 5.56 Å². The summed E-state index contributed by atoms with van der Waals surface area (Å²) in [5.41, 5.74) is 0.276. The van der Waals surface area contributed by atoms with E-state index in [0.29, 0.717) is 29.4 Å². The fourth-order valence-corrected chi connectivity index (χ4v) is 3.35. The van der Waals surface area contributed by atoms with E-state index in [1.54, 1.807) is 64.4 Å². The van der Waals surface area contributed by atoms with Crippen LogP contribution in [-0.4, -0.2) is 43.2 Å². The number of rotatable bonds is 9. The molecule has 0 unspecified atom stereocenters. The van der Waals surface area contributed by atoms with Gasteiger partial charge in [0.2, 0.25) is 0 Å². The normalized spacial score (nSPS) is 11.0. The van der Waals surface area contributed by atoms with E-state index in [9.17, 15) is 14.4 Å². The number of anilines is 1. The highest BCUT2D eigenvalue weighted by Crippen LogP contribution is 2.28. The summed E-state index contributed by atoms with van der Waals surface area (Å²) in [4.78, 5) is 39.9. The molecule has 0 spiro atoms. The smallest absolute Gasteiger partial charge is 0.332 e. The van der Waals surface area contributed by atoms with E-state index in [-0.39, 0.29) is 24.4 Å². The van der Waals surface area contributed by atoms with E-state index < -0.39 is 5.56 Å². The van der Waals surface area contributed by atoms with Crippen LogP contribution in [0.25, 0.3) is 6.08 Å². The average Bonchev–Trinajstić information content (AvgIpc) is 2.73. The van der Waals surface area contributed by atoms with Crippen molar-refractivity contribution in [2.45, 2.75) is 33.4 Å². The van der Waals surface area contributed by atoms with Gasteiger partial charge in [-0.2, -0.15) is 0 Å². The summed E-state index contributed by atoms with van der Waals surface area (Å²) in [5.74, 6) is 1.38. The number of hydrogen-bond acceptors (Lipinski definition) is 6. The largest absolute Gasteiger partial charge is 0.493 e. The van der Waals surface area contributed by atoms with Crippen LogP contribution in [0.1, 0.15) is 25.0 Å². The lowest BCUT2D eigenvalue weighted by atomic mass is 10.1. The average molecular weight is 415 g/mol. The minimum absolute atomic E-state index is 0.101. The van der Waals surface area contributed by atoms with Gasteiger partial charge in [0.1, 0.15) is 5.82 Å². The molecule has 1 heterocycles. The Morgan fingerprint density at radius 2 is 1.67 bits per heavy atom. The van der Waals surface area contributed by atoms with E-state index in [1.807, 2.05) is 6.92 Å². The summed E-state index contributed by atoms with van der Waals surface area (Å²) in [7, 11) is 6.60. The van der Waals surface area contributed by atoms with Gasteiger partial charge >= 0.3 is 5.69 Å². The predicted molar refractivity (Wildman–Crippen MR) is 118 cm³/mol. The van der Waals surface area contributed by atoms with Crippen LogP contribution < -0.4 is 25.6 Å². The van der Waals surface area contributed by atoms with Gasteiger partial charge in [0.05, 0.1) is 19.8 Å². The highest BCUT2D eigenvalue weighted by atomic mass is 16.5. The third-order valence-corrected chi connectivity index (χ3v) is 4.77. The molecule has 0 amide bonds. The summed E-state index contributed by atoms with van der Waals surface area (Å²) in [6, 6.07) is 5.32. The Labute approximate surface area is 176 Å². The lowest BCUT2D eigenvalue weighted by Gasteiger charge is -2.22. The van der Waals surface area contributed by atoms with Crippen molar-refractivity contribution in [1.29, 1.82) is 0 Å². The van der Waals surface area contributed by atoms with Crippen LogP contribution in [0.5, 0.6) is 11.5 Å². The minimum Gasteiger partial charge on any atom is -0.493 e. The van der Waals surface area contributed by atoms with Crippen LogP contribution in [0.2, 0.25) is 0 Å². The molecule has 0 aliphatic rings. The predicted octanol–water partition coefficient (Wildman–Crippen LogP) is 1.96. The van der Waals surface area contributed by atoms with Crippen molar-refractivity contribution < 1.29 is 14.3 Å². The summed E-state index contributed by atoms with van der Waals surface area (Å²) in [5, 5.41) is 0. The van der Waals surface area contributed by atoms with E-state index >= 15 is 0 Å². The first-order chi connectivity index (χ1) is 14.3. The van der Waals surface area contributed by atoms with Crippen molar-refractivity contribution in [3.8, 4) is 11.5 Å². The van der Waals surface area contributed by atoms with Crippen molar-refractivity contribution >= 4 is 17.7 Å². The van der Waals surface area contributed by atoms with E-state index in [2.05, 4.69) is 0 Å². The number of carbonyl (C=O) groups is 1. The number of ether oxygens (including phenoxy) is 2. The lowest BCUT2D eigenvalue weighted by molar-refractivity contribution is -0.114. The van der Waals surface area contributed by atoms with Gasteiger partial charge in [-0.1, -0.05) is 12.1 Å². The zero-order chi connectivity index (χ0) is 22.4. The molecule has 0 bridgehead atoms. The maximum absolute atomic E-state index is 12.9. The fourth-order valence-electron chi connectivity index (χ4n) is 3.35. The molecule has 30 heavy (non-hydrogen) atoms. The molecule has 0 aliphatic carbocycles. The molecule has 0 radical (unpaired) electrons. The summed E-state index contributed by atoms with van der Waals surface area (Å²) in [6.07, 6.45) is 2.99. The van der Waals surface area contributed by atoms with Gasteiger partial charge < -0.3 is 14.4 Å². The van der Waals surface area contributed by atoms with Gasteiger partial charge in [0.15, 0.2) is 17.3 Å². The second-order valence-electron chi connectivity index (χ2n) is 6.86. The number of ketones is 1. The minimum atomic E-state index is -0.427. The van der Waals surface area contributed by atoms with Gasteiger partial charge in [0, 0.05) is 33.6 Å². The van der Waals surface area contributed by atoms with Gasteiger partial charge in [-0.3, -0.25) is 18.7 Å². The van der Waals surface area contributed by atoms with Crippen LogP contribution in [0.4, 0.5) is 5.82 Å². The maximum Gasteiger partial charge on any atom is 0.332 e. The van der Waals surface area contributed by atoms with Crippen molar-refractivity contribution in [2.75, 3.05) is 33.2 Å². The Kier molecular flexibility index (Phi) is 7.63. The summed E-state index contributed by atoms with van der Waals surface area (Å²) < 4.78 is 13.2. The molecule has 1 aromatic carbocycles. The molecule has 0 N–H and O–H groups in total. The van der Waals surface area contributed by atoms with Crippen molar-refractivity contribution in [2.24, 2.45) is 0 Å². The van der Waals surface area contributed by atoms with Crippen molar-refractivity contribution in [3.05, 3.63) is 56.2 Å². The molecule has 8 heteroatoms. The van der Waals surface area contributed by atoms with Crippen molar-refractivity contribution in [3.63, 3.8) is 0 Å². The highest BCUT2D eigenvalue weighted by molar-refractivity contribution is 5.95. The first kappa shape index (κ1) is 23.0. The second kappa shape index (κ2) is 9.96. The molecule has 0 fully saturated rings.